The summed E-state index contributed by atoms with van der Waals surface area (Å²) in [6.45, 7) is 5.52. The minimum Gasteiger partial charge on any atom is -0.462 e. The second-order valence-corrected chi connectivity index (χ2v) is 5.31. The molecule has 1 heterocycles. The van der Waals surface area contributed by atoms with Gasteiger partial charge in [0.25, 0.3) is 0 Å². The predicted octanol–water partition coefficient (Wildman–Crippen LogP) is 3.08. The van der Waals surface area contributed by atoms with E-state index in [1.807, 2.05) is 48.5 Å². The van der Waals surface area contributed by atoms with Gasteiger partial charge in [-0.25, -0.2) is 4.79 Å². The fourth-order valence-electron chi connectivity index (χ4n) is 2.20. The van der Waals surface area contributed by atoms with Gasteiger partial charge in [-0.15, -0.1) is 10.2 Å². The Morgan fingerprint density at radius 2 is 1.83 bits per heavy atom. The summed E-state index contributed by atoms with van der Waals surface area (Å²) >= 11 is 0. The lowest BCUT2D eigenvalue weighted by Crippen LogP contribution is -2.08. The predicted molar refractivity (Wildman–Crippen MR) is 88.3 cm³/mol. The van der Waals surface area contributed by atoms with E-state index >= 15 is 0 Å². The van der Waals surface area contributed by atoms with Crippen molar-refractivity contribution in [3.05, 3.63) is 66.2 Å². The van der Waals surface area contributed by atoms with Crippen LogP contribution in [-0.2, 0) is 16.0 Å². The van der Waals surface area contributed by atoms with Crippen molar-refractivity contribution in [3.8, 4) is 5.69 Å². The van der Waals surface area contributed by atoms with Gasteiger partial charge >= 0.3 is 5.97 Å². The van der Waals surface area contributed by atoms with E-state index in [-0.39, 0.29) is 5.97 Å². The minimum atomic E-state index is -0.360. The highest BCUT2D eigenvalue weighted by molar-refractivity contribution is 5.86. The molecule has 2 aromatic carbocycles. The zero-order valence-electron chi connectivity index (χ0n) is 12.9. The maximum Gasteiger partial charge on any atom is 0.333 e. The Bertz CT molecular complexity index is 834. The highest BCUT2D eigenvalue weighted by atomic mass is 16.5. The van der Waals surface area contributed by atoms with E-state index in [9.17, 15) is 4.79 Å². The molecular formula is C18H17N3O2. The lowest BCUT2D eigenvalue weighted by Gasteiger charge is -2.06. The summed E-state index contributed by atoms with van der Waals surface area (Å²) in [4.78, 5) is 13.0. The van der Waals surface area contributed by atoms with E-state index < -0.39 is 0 Å². The molecule has 5 nitrogen and oxygen atoms in total. The number of hydrogen-bond donors (Lipinski definition) is 0. The van der Waals surface area contributed by atoms with Crippen LogP contribution in [0.1, 0.15) is 12.5 Å². The van der Waals surface area contributed by atoms with Crippen LogP contribution < -0.4 is 0 Å². The lowest BCUT2D eigenvalue weighted by molar-refractivity contribution is -0.138. The Labute approximate surface area is 134 Å². The average molecular weight is 307 g/mol. The number of fused-ring (bicyclic) bond motifs is 1. The molecule has 0 N–H and O–H groups in total. The zero-order chi connectivity index (χ0) is 16.2. The van der Waals surface area contributed by atoms with Gasteiger partial charge in [-0.1, -0.05) is 30.8 Å². The van der Waals surface area contributed by atoms with Crippen LogP contribution in [0.5, 0.6) is 0 Å². The molecule has 0 aliphatic carbocycles. The molecule has 0 bridgehead atoms. The Kier molecular flexibility index (Phi) is 4.19. The van der Waals surface area contributed by atoms with Gasteiger partial charge in [-0.3, -0.25) is 0 Å². The van der Waals surface area contributed by atoms with Gasteiger partial charge < -0.3 is 4.74 Å². The molecule has 116 valence electrons. The molecule has 0 unspecified atom stereocenters. The summed E-state index contributed by atoms with van der Waals surface area (Å²) in [6, 6.07) is 15.6. The molecular weight excluding hydrogens is 290 g/mol. The molecule has 0 aliphatic rings. The molecule has 0 amide bonds. The van der Waals surface area contributed by atoms with Crippen LogP contribution in [0.25, 0.3) is 16.7 Å². The van der Waals surface area contributed by atoms with Crippen molar-refractivity contribution in [1.29, 1.82) is 0 Å². The van der Waals surface area contributed by atoms with Crippen LogP contribution in [0, 0.1) is 0 Å². The molecule has 0 aliphatic heterocycles. The molecule has 0 saturated heterocycles. The first kappa shape index (κ1) is 15.0. The standard InChI is InChI=1S/C18H17N3O2/c1-13(2)18(22)23-11-10-14-6-5-7-15(12-14)21-19-16-8-3-4-9-17(16)20-21/h3-9,12H,1,10-11H2,2H3. The minimum absolute atomic E-state index is 0.323. The topological polar surface area (TPSA) is 57.0 Å². The van der Waals surface area contributed by atoms with E-state index in [0.717, 1.165) is 22.3 Å². The van der Waals surface area contributed by atoms with E-state index in [0.29, 0.717) is 18.6 Å². The molecule has 5 heteroatoms. The summed E-state index contributed by atoms with van der Waals surface area (Å²) in [5.41, 5.74) is 4.05. The quantitative estimate of drug-likeness (QED) is 0.537. The Morgan fingerprint density at radius 1 is 1.13 bits per heavy atom. The summed E-state index contributed by atoms with van der Waals surface area (Å²) in [6.07, 6.45) is 0.633. The first-order valence-electron chi connectivity index (χ1n) is 7.37. The fraction of sp³-hybridized carbons (Fsp3) is 0.167. The van der Waals surface area contributed by atoms with E-state index in [4.69, 9.17) is 4.74 Å². The smallest absolute Gasteiger partial charge is 0.333 e. The van der Waals surface area contributed by atoms with Gasteiger partial charge in [0.2, 0.25) is 0 Å². The molecule has 1 aromatic heterocycles. The van der Waals surface area contributed by atoms with Crippen molar-refractivity contribution in [2.75, 3.05) is 6.61 Å². The van der Waals surface area contributed by atoms with Crippen LogP contribution in [0.2, 0.25) is 0 Å². The van der Waals surface area contributed by atoms with Crippen molar-refractivity contribution in [3.63, 3.8) is 0 Å². The van der Waals surface area contributed by atoms with Crippen molar-refractivity contribution in [2.45, 2.75) is 13.3 Å². The van der Waals surface area contributed by atoms with Crippen LogP contribution in [0.15, 0.2) is 60.7 Å². The van der Waals surface area contributed by atoms with Crippen LogP contribution in [0.4, 0.5) is 0 Å². The van der Waals surface area contributed by atoms with E-state index in [1.165, 1.54) is 0 Å². The molecule has 0 spiro atoms. The van der Waals surface area contributed by atoms with Gasteiger partial charge in [-0.2, -0.15) is 4.80 Å². The maximum absolute atomic E-state index is 11.4. The van der Waals surface area contributed by atoms with Gasteiger partial charge in [-0.05, 0) is 36.8 Å². The monoisotopic (exact) mass is 307 g/mol. The summed E-state index contributed by atoms with van der Waals surface area (Å²) in [5, 5.41) is 8.93. The third-order valence-corrected chi connectivity index (χ3v) is 3.40. The molecule has 0 saturated carbocycles. The third kappa shape index (κ3) is 3.45. The van der Waals surface area contributed by atoms with E-state index in [2.05, 4.69) is 16.8 Å². The Balaban J connectivity index is 1.74. The molecule has 0 fully saturated rings. The number of rotatable bonds is 5. The fourth-order valence-corrected chi connectivity index (χ4v) is 2.20. The van der Waals surface area contributed by atoms with Crippen molar-refractivity contribution in [2.24, 2.45) is 0 Å². The first-order chi connectivity index (χ1) is 11.1. The number of carbonyl (C=O) groups excluding carboxylic acids is 1. The number of nitrogens with zero attached hydrogens (tertiary/aromatic N) is 3. The summed E-state index contributed by atoms with van der Waals surface area (Å²) in [5.74, 6) is -0.360. The van der Waals surface area contributed by atoms with Crippen molar-refractivity contribution < 1.29 is 9.53 Å². The summed E-state index contributed by atoms with van der Waals surface area (Å²) < 4.78 is 5.12. The maximum atomic E-state index is 11.4. The van der Waals surface area contributed by atoms with Gasteiger partial charge in [0.05, 0.1) is 12.3 Å². The molecule has 23 heavy (non-hydrogen) atoms. The first-order valence-corrected chi connectivity index (χ1v) is 7.37. The second-order valence-electron chi connectivity index (χ2n) is 5.31. The molecule has 0 atom stereocenters. The highest BCUT2D eigenvalue weighted by Gasteiger charge is 2.06. The van der Waals surface area contributed by atoms with Crippen molar-refractivity contribution >= 4 is 17.0 Å². The highest BCUT2D eigenvalue weighted by Crippen LogP contribution is 2.14. The van der Waals surface area contributed by atoms with Gasteiger partial charge in [0, 0.05) is 12.0 Å². The molecule has 3 aromatic rings. The number of carbonyl (C=O) groups is 1. The number of ether oxygens (including phenoxy) is 1. The number of esters is 1. The summed E-state index contributed by atoms with van der Waals surface area (Å²) in [7, 11) is 0. The normalized spacial score (nSPS) is 10.7. The third-order valence-electron chi connectivity index (χ3n) is 3.40. The van der Waals surface area contributed by atoms with Crippen molar-refractivity contribution in [1.82, 2.24) is 15.0 Å². The number of aromatic nitrogens is 3. The number of hydrogen-bond acceptors (Lipinski definition) is 4. The van der Waals surface area contributed by atoms with E-state index in [1.54, 1.807) is 11.7 Å². The van der Waals surface area contributed by atoms with Gasteiger partial charge in [0.15, 0.2) is 0 Å². The number of benzene rings is 2. The van der Waals surface area contributed by atoms with Crippen LogP contribution in [-0.4, -0.2) is 27.6 Å². The molecule has 3 rings (SSSR count). The van der Waals surface area contributed by atoms with Crippen LogP contribution in [0.3, 0.4) is 0 Å². The Hall–Kier alpha value is -2.95. The molecule has 0 radical (unpaired) electrons. The largest absolute Gasteiger partial charge is 0.462 e. The van der Waals surface area contributed by atoms with Gasteiger partial charge in [0.1, 0.15) is 11.0 Å². The van der Waals surface area contributed by atoms with Crippen LogP contribution >= 0.6 is 0 Å². The Morgan fingerprint density at radius 3 is 2.48 bits per heavy atom. The lowest BCUT2D eigenvalue weighted by atomic mass is 10.1. The zero-order valence-corrected chi connectivity index (χ0v) is 12.9. The average Bonchev–Trinajstić information content (AvgIpc) is 2.99. The SMILES string of the molecule is C=C(C)C(=O)OCCc1cccc(-n2nc3ccccc3n2)c1. The second kappa shape index (κ2) is 6.44.